The van der Waals surface area contributed by atoms with E-state index in [2.05, 4.69) is 17.6 Å². The second-order valence-electron chi connectivity index (χ2n) is 4.30. The Kier molecular flexibility index (Phi) is 4.35. The Balaban J connectivity index is 2.24. The van der Waals surface area contributed by atoms with E-state index in [0.717, 1.165) is 19.6 Å². The maximum Gasteiger partial charge on any atom is 0.246 e. The van der Waals surface area contributed by atoms with Gasteiger partial charge in [0.1, 0.15) is 6.61 Å². The number of rotatable bonds is 4. The molecule has 0 bridgehead atoms. The van der Waals surface area contributed by atoms with Crippen molar-refractivity contribution in [2.24, 2.45) is 5.41 Å². The highest BCUT2D eigenvalue weighted by atomic mass is 16.5. The highest BCUT2D eigenvalue weighted by molar-refractivity contribution is 5.77. The van der Waals surface area contributed by atoms with Crippen molar-refractivity contribution in [3.63, 3.8) is 0 Å². The Labute approximate surface area is 85.4 Å². The summed E-state index contributed by atoms with van der Waals surface area (Å²) in [5, 5.41) is 6.24. The first-order valence-corrected chi connectivity index (χ1v) is 5.13. The minimum Gasteiger partial charge on any atom is -0.375 e. The van der Waals surface area contributed by atoms with E-state index in [-0.39, 0.29) is 17.9 Å². The number of piperidine rings is 1. The molecule has 4 nitrogen and oxygen atoms in total. The molecule has 1 saturated heterocycles. The third-order valence-corrected chi connectivity index (χ3v) is 2.67. The van der Waals surface area contributed by atoms with Crippen LogP contribution in [0.15, 0.2) is 0 Å². The van der Waals surface area contributed by atoms with Crippen molar-refractivity contribution in [2.75, 3.05) is 33.4 Å². The molecule has 0 aliphatic carbocycles. The van der Waals surface area contributed by atoms with Gasteiger partial charge in [0, 0.05) is 20.2 Å². The first kappa shape index (κ1) is 11.5. The molecule has 0 radical (unpaired) electrons. The predicted molar refractivity (Wildman–Crippen MR) is 55.1 cm³/mol. The second kappa shape index (κ2) is 5.32. The molecule has 1 atom stereocenters. The maximum atomic E-state index is 11.2. The van der Waals surface area contributed by atoms with Crippen LogP contribution >= 0.6 is 0 Å². The lowest BCUT2D eigenvalue weighted by atomic mass is 9.83. The van der Waals surface area contributed by atoms with Crippen LogP contribution < -0.4 is 10.6 Å². The summed E-state index contributed by atoms with van der Waals surface area (Å²) in [4.78, 5) is 11.2. The summed E-state index contributed by atoms with van der Waals surface area (Å²) in [7, 11) is 1.53. The van der Waals surface area contributed by atoms with E-state index in [4.69, 9.17) is 4.74 Å². The van der Waals surface area contributed by atoms with E-state index >= 15 is 0 Å². The first-order chi connectivity index (χ1) is 6.66. The summed E-state index contributed by atoms with van der Waals surface area (Å²) in [6.07, 6.45) is 2.36. The van der Waals surface area contributed by atoms with Gasteiger partial charge in [0.25, 0.3) is 0 Å². The van der Waals surface area contributed by atoms with Gasteiger partial charge in [-0.1, -0.05) is 6.92 Å². The number of carbonyl (C=O) groups is 1. The van der Waals surface area contributed by atoms with Crippen molar-refractivity contribution in [3.05, 3.63) is 0 Å². The minimum atomic E-state index is -0.0284. The van der Waals surface area contributed by atoms with Gasteiger partial charge in [-0.2, -0.15) is 0 Å². The molecular formula is C10H20N2O2. The summed E-state index contributed by atoms with van der Waals surface area (Å²) in [5.41, 5.74) is 0.210. The number of carbonyl (C=O) groups excluding carboxylic acids is 1. The Morgan fingerprint density at radius 2 is 2.43 bits per heavy atom. The average Bonchev–Trinajstić information content (AvgIpc) is 2.17. The molecule has 1 fully saturated rings. The largest absolute Gasteiger partial charge is 0.375 e. The summed E-state index contributed by atoms with van der Waals surface area (Å²) < 4.78 is 4.75. The summed E-state index contributed by atoms with van der Waals surface area (Å²) in [6.45, 7) is 5.18. The molecule has 1 unspecified atom stereocenters. The minimum absolute atomic E-state index is 0.0284. The van der Waals surface area contributed by atoms with Crippen LogP contribution in [0.25, 0.3) is 0 Å². The smallest absolute Gasteiger partial charge is 0.246 e. The van der Waals surface area contributed by atoms with Gasteiger partial charge < -0.3 is 15.4 Å². The zero-order valence-electron chi connectivity index (χ0n) is 9.06. The molecule has 1 amide bonds. The highest BCUT2D eigenvalue weighted by Crippen LogP contribution is 2.23. The van der Waals surface area contributed by atoms with Gasteiger partial charge in [-0.15, -0.1) is 0 Å². The molecule has 0 saturated carbocycles. The molecule has 82 valence electrons. The van der Waals surface area contributed by atoms with E-state index in [1.54, 1.807) is 0 Å². The Bertz CT molecular complexity index is 189. The van der Waals surface area contributed by atoms with Crippen molar-refractivity contribution >= 4 is 5.91 Å². The van der Waals surface area contributed by atoms with Crippen LogP contribution in [0.5, 0.6) is 0 Å². The van der Waals surface area contributed by atoms with Crippen LogP contribution in [0.4, 0.5) is 0 Å². The van der Waals surface area contributed by atoms with Crippen molar-refractivity contribution in [3.8, 4) is 0 Å². The molecule has 1 heterocycles. The Morgan fingerprint density at radius 1 is 1.64 bits per heavy atom. The van der Waals surface area contributed by atoms with Gasteiger partial charge in [0.15, 0.2) is 0 Å². The van der Waals surface area contributed by atoms with Crippen LogP contribution in [-0.4, -0.2) is 39.3 Å². The number of amides is 1. The lowest BCUT2D eigenvalue weighted by molar-refractivity contribution is -0.125. The van der Waals surface area contributed by atoms with Crippen molar-refractivity contribution in [1.29, 1.82) is 0 Å². The highest BCUT2D eigenvalue weighted by Gasteiger charge is 2.26. The Morgan fingerprint density at radius 3 is 3.00 bits per heavy atom. The molecule has 1 aliphatic rings. The van der Waals surface area contributed by atoms with Gasteiger partial charge in [-0.05, 0) is 24.8 Å². The van der Waals surface area contributed by atoms with Crippen molar-refractivity contribution in [2.45, 2.75) is 19.8 Å². The molecule has 1 aliphatic heterocycles. The van der Waals surface area contributed by atoms with Gasteiger partial charge in [0.2, 0.25) is 5.91 Å². The fourth-order valence-corrected chi connectivity index (χ4v) is 1.76. The molecule has 2 N–H and O–H groups in total. The number of methoxy groups -OCH3 is 1. The number of nitrogens with one attached hydrogen (secondary N) is 2. The standard InChI is InChI=1S/C10H20N2O2/c1-10(4-3-5-11-7-10)8-12-9(13)6-14-2/h11H,3-8H2,1-2H3,(H,12,13). The normalized spacial score (nSPS) is 27.3. The Hall–Kier alpha value is -0.610. The van der Waals surface area contributed by atoms with Crippen LogP contribution in [0.3, 0.4) is 0 Å². The SMILES string of the molecule is COCC(=O)NCC1(C)CCCNC1. The summed E-state index contributed by atoms with van der Waals surface area (Å²) >= 11 is 0. The van der Waals surface area contributed by atoms with Crippen LogP contribution in [0.1, 0.15) is 19.8 Å². The van der Waals surface area contributed by atoms with Gasteiger partial charge in [-0.25, -0.2) is 0 Å². The first-order valence-electron chi connectivity index (χ1n) is 5.13. The number of hydrogen-bond acceptors (Lipinski definition) is 3. The quantitative estimate of drug-likeness (QED) is 0.678. The average molecular weight is 200 g/mol. The van der Waals surface area contributed by atoms with E-state index < -0.39 is 0 Å². The second-order valence-corrected chi connectivity index (χ2v) is 4.30. The lowest BCUT2D eigenvalue weighted by Crippen LogP contribution is -2.46. The summed E-state index contributed by atoms with van der Waals surface area (Å²) in [6, 6.07) is 0. The van der Waals surface area contributed by atoms with Crippen LogP contribution in [-0.2, 0) is 9.53 Å². The predicted octanol–water partition coefficient (Wildman–Crippen LogP) is 0.139. The monoisotopic (exact) mass is 200 g/mol. The number of hydrogen-bond donors (Lipinski definition) is 2. The molecule has 0 aromatic rings. The number of ether oxygens (including phenoxy) is 1. The van der Waals surface area contributed by atoms with Gasteiger partial charge in [0.05, 0.1) is 0 Å². The van der Waals surface area contributed by atoms with Crippen LogP contribution in [0.2, 0.25) is 0 Å². The fourth-order valence-electron chi connectivity index (χ4n) is 1.76. The molecular weight excluding hydrogens is 180 g/mol. The van der Waals surface area contributed by atoms with E-state index in [9.17, 15) is 4.79 Å². The lowest BCUT2D eigenvalue weighted by Gasteiger charge is -2.34. The van der Waals surface area contributed by atoms with Crippen molar-refractivity contribution < 1.29 is 9.53 Å². The van der Waals surface area contributed by atoms with E-state index in [0.29, 0.717) is 0 Å². The zero-order chi connectivity index (χ0) is 10.4. The molecule has 0 aromatic heterocycles. The van der Waals surface area contributed by atoms with E-state index in [1.807, 2.05) is 0 Å². The van der Waals surface area contributed by atoms with Crippen LogP contribution in [0, 0.1) is 5.41 Å². The maximum absolute atomic E-state index is 11.2. The van der Waals surface area contributed by atoms with Gasteiger partial charge in [-0.3, -0.25) is 4.79 Å². The molecule has 4 heteroatoms. The van der Waals surface area contributed by atoms with Crippen molar-refractivity contribution in [1.82, 2.24) is 10.6 Å². The third kappa shape index (κ3) is 3.64. The molecule has 0 spiro atoms. The molecule has 1 rings (SSSR count). The van der Waals surface area contributed by atoms with E-state index in [1.165, 1.54) is 20.0 Å². The third-order valence-electron chi connectivity index (χ3n) is 2.67. The molecule has 0 aromatic carbocycles. The topological polar surface area (TPSA) is 50.4 Å². The fraction of sp³-hybridized carbons (Fsp3) is 0.900. The van der Waals surface area contributed by atoms with Gasteiger partial charge >= 0.3 is 0 Å². The summed E-state index contributed by atoms with van der Waals surface area (Å²) in [5.74, 6) is -0.0284. The molecule has 14 heavy (non-hydrogen) atoms. The zero-order valence-corrected chi connectivity index (χ0v) is 9.06.